The van der Waals surface area contributed by atoms with E-state index in [0.717, 1.165) is 44.8 Å². The minimum absolute atomic E-state index is 0.0418. The number of amides is 1. The molecule has 0 radical (unpaired) electrons. The maximum absolute atomic E-state index is 11.1. The first-order chi connectivity index (χ1) is 11.1. The summed E-state index contributed by atoms with van der Waals surface area (Å²) >= 11 is 0. The molecule has 2 aliphatic rings. The number of nitrogens with zero attached hydrogens (tertiary/aromatic N) is 1. The van der Waals surface area contributed by atoms with E-state index in [4.69, 9.17) is 9.47 Å². The van der Waals surface area contributed by atoms with E-state index in [9.17, 15) is 4.79 Å². The van der Waals surface area contributed by atoms with E-state index in [1.807, 2.05) is 12.1 Å². The largest absolute Gasteiger partial charge is 0.378 e. The Kier molecular flexibility index (Phi) is 4.99. The third-order valence-electron chi connectivity index (χ3n) is 4.59. The number of ether oxygens (including phenoxy) is 2. The molecule has 2 saturated heterocycles. The zero-order valence-corrected chi connectivity index (χ0v) is 14.0. The molecule has 1 aromatic carbocycles. The summed E-state index contributed by atoms with van der Waals surface area (Å²) in [7, 11) is 0. The van der Waals surface area contributed by atoms with Gasteiger partial charge in [-0.15, -0.1) is 0 Å². The van der Waals surface area contributed by atoms with Gasteiger partial charge in [0.1, 0.15) is 5.60 Å². The van der Waals surface area contributed by atoms with Crippen LogP contribution in [0.15, 0.2) is 24.3 Å². The van der Waals surface area contributed by atoms with E-state index >= 15 is 0 Å². The third-order valence-corrected chi connectivity index (χ3v) is 4.59. The molecule has 0 bridgehead atoms. The molecule has 126 valence electrons. The van der Waals surface area contributed by atoms with Crippen LogP contribution in [0.4, 0.5) is 5.69 Å². The van der Waals surface area contributed by atoms with Crippen molar-refractivity contribution < 1.29 is 14.3 Å². The smallest absolute Gasteiger partial charge is 0.221 e. The fourth-order valence-electron chi connectivity index (χ4n) is 3.48. The molecule has 2 aliphatic heterocycles. The van der Waals surface area contributed by atoms with E-state index in [1.165, 1.54) is 12.5 Å². The maximum Gasteiger partial charge on any atom is 0.221 e. The molecule has 1 amide bonds. The van der Waals surface area contributed by atoms with Crippen molar-refractivity contribution >= 4 is 11.6 Å². The van der Waals surface area contributed by atoms with E-state index in [0.29, 0.717) is 6.61 Å². The van der Waals surface area contributed by atoms with Crippen molar-refractivity contribution in [2.45, 2.75) is 44.9 Å². The Hall–Kier alpha value is -1.43. The molecule has 0 aromatic heterocycles. The summed E-state index contributed by atoms with van der Waals surface area (Å²) in [5, 5.41) is 2.80. The number of morpholine rings is 1. The summed E-state index contributed by atoms with van der Waals surface area (Å²) in [5.74, 6) is -0.0418. The zero-order chi connectivity index (χ0) is 16.3. The molecule has 1 N–H and O–H groups in total. The van der Waals surface area contributed by atoms with Gasteiger partial charge in [0.25, 0.3) is 0 Å². The van der Waals surface area contributed by atoms with E-state index in [1.54, 1.807) is 0 Å². The number of carbonyl (C=O) groups is 1. The summed E-state index contributed by atoms with van der Waals surface area (Å²) in [6.07, 6.45) is 2.30. The summed E-state index contributed by atoms with van der Waals surface area (Å²) in [5.41, 5.74) is 1.98. The Morgan fingerprint density at radius 1 is 1.39 bits per heavy atom. The molecule has 2 heterocycles. The molecule has 0 saturated carbocycles. The number of carbonyl (C=O) groups excluding carboxylic acids is 1. The van der Waals surface area contributed by atoms with Crippen molar-refractivity contribution in [1.82, 2.24) is 4.90 Å². The minimum Gasteiger partial charge on any atom is -0.378 e. The van der Waals surface area contributed by atoms with Gasteiger partial charge in [0.15, 0.2) is 0 Å². The van der Waals surface area contributed by atoms with Crippen LogP contribution in [0.25, 0.3) is 0 Å². The first-order valence-electron chi connectivity index (χ1n) is 8.43. The number of rotatable bonds is 4. The second-order valence-corrected chi connectivity index (χ2v) is 6.68. The van der Waals surface area contributed by atoms with Crippen LogP contribution in [-0.4, -0.2) is 48.8 Å². The van der Waals surface area contributed by atoms with Crippen LogP contribution in [0, 0.1) is 0 Å². The van der Waals surface area contributed by atoms with Crippen LogP contribution in [0.3, 0.4) is 0 Å². The predicted octanol–water partition coefficient (Wildman–Crippen LogP) is 2.41. The molecule has 3 rings (SSSR count). The number of nitrogens with one attached hydrogen (secondary N) is 1. The molecule has 2 fully saturated rings. The molecule has 1 aromatic rings. The van der Waals surface area contributed by atoms with Crippen LogP contribution < -0.4 is 5.32 Å². The van der Waals surface area contributed by atoms with Gasteiger partial charge in [0.2, 0.25) is 5.91 Å². The Morgan fingerprint density at radius 3 is 2.78 bits per heavy atom. The SMILES string of the molecule is CC[C@H]1CN(Cc2ccc(NC(C)=O)cc2)C[C@]2(CCOC2)O1. The second-order valence-electron chi connectivity index (χ2n) is 6.68. The number of benzene rings is 1. The average molecular weight is 318 g/mol. The van der Waals surface area contributed by atoms with Gasteiger partial charge in [-0.3, -0.25) is 9.69 Å². The molecular weight excluding hydrogens is 292 g/mol. The molecule has 0 aliphatic carbocycles. The Morgan fingerprint density at radius 2 is 2.17 bits per heavy atom. The highest BCUT2D eigenvalue weighted by atomic mass is 16.6. The van der Waals surface area contributed by atoms with Gasteiger partial charge in [0.05, 0.1) is 12.7 Å². The topological polar surface area (TPSA) is 50.8 Å². The summed E-state index contributed by atoms with van der Waals surface area (Å²) in [6.45, 7) is 8.01. The first kappa shape index (κ1) is 16.4. The highest BCUT2D eigenvalue weighted by Crippen LogP contribution is 2.31. The van der Waals surface area contributed by atoms with Crippen molar-refractivity contribution in [1.29, 1.82) is 0 Å². The first-order valence-corrected chi connectivity index (χ1v) is 8.43. The van der Waals surface area contributed by atoms with Crippen LogP contribution >= 0.6 is 0 Å². The molecule has 0 unspecified atom stereocenters. The monoisotopic (exact) mass is 318 g/mol. The molecular formula is C18H26N2O3. The number of hydrogen-bond acceptors (Lipinski definition) is 4. The standard InChI is InChI=1S/C18H26N2O3/c1-3-17-11-20(12-18(23-17)8-9-22-13-18)10-15-4-6-16(7-5-15)19-14(2)21/h4-7,17H,3,8-13H2,1-2H3,(H,19,21)/t17-,18-/m0/s1. The summed E-state index contributed by atoms with van der Waals surface area (Å²) in [4.78, 5) is 13.6. The molecule has 5 nitrogen and oxygen atoms in total. The second kappa shape index (κ2) is 6.99. The number of anilines is 1. The van der Waals surface area contributed by atoms with Crippen molar-refractivity contribution in [3.63, 3.8) is 0 Å². The fourth-order valence-corrected chi connectivity index (χ4v) is 3.48. The van der Waals surface area contributed by atoms with Crippen LogP contribution in [-0.2, 0) is 20.8 Å². The minimum atomic E-state index is -0.116. The summed E-state index contributed by atoms with van der Waals surface area (Å²) in [6, 6.07) is 8.09. The van der Waals surface area contributed by atoms with Crippen LogP contribution in [0.1, 0.15) is 32.3 Å². The lowest BCUT2D eigenvalue weighted by Gasteiger charge is -2.43. The van der Waals surface area contributed by atoms with Crippen LogP contribution in [0.5, 0.6) is 0 Å². The van der Waals surface area contributed by atoms with Gasteiger partial charge in [-0.25, -0.2) is 0 Å². The van der Waals surface area contributed by atoms with Gasteiger partial charge in [-0.2, -0.15) is 0 Å². The lowest BCUT2D eigenvalue weighted by molar-refractivity contribution is -0.156. The lowest BCUT2D eigenvalue weighted by atomic mass is 9.98. The van der Waals surface area contributed by atoms with Crippen molar-refractivity contribution in [3.05, 3.63) is 29.8 Å². The average Bonchev–Trinajstić information content (AvgIpc) is 2.95. The van der Waals surface area contributed by atoms with Crippen LogP contribution in [0.2, 0.25) is 0 Å². The highest BCUT2D eigenvalue weighted by Gasteiger charge is 2.43. The maximum atomic E-state index is 11.1. The Bertz CT molecular complexity index is 538. The zero-order valence-electron chi connectivity index (χ0n) is 14.0. The Balaban J connectivity index is 1.65. The van der Waals surface area contributed by atoms with E-state index in [-0.39, 0.29) is 17.6 Å². The van der Waals surface area contributed by atoms with Crippen molar-refractivity contribution in [2.75, 3.05) is 31.6 Å². The van der Waals surface area contributed by atoms with Gasteiger partial charge in [-0.1, -0.05) is 19.1 Å². The highest BCUT2D eigenvalue weighted by molar-refractivity contribution is 5.88. The normalized spacial score (nSPS) is 28.2. The van der Waals surface area contributed by atoms with Crippen molar-refractivity contribution in [3.8, 4) is 0 Å². The molecule has 5 heteroatoms. The van der Waals surface area contributed by atoms with Crippen molar-refractivity contribution in [2.24, 2.45) is 0 Å². The third kappa shape index (κ3) is 4.10. The lowest BCUT2D eigenvalue weighted by Crippen LogP contribution is -2.55. The predicted molar refractivity (Wildman–Crippen MR) is 89.4 cm³/mol. The van der Waals surface area contributed by atoms with Gasteiger partial charge in [-0.05, 0) is 24.1 Å². The fraction of sp³-hybridized carbons (Fsp3) is 0.611. The van der Waals surface area contributed by atoms with E-state index < -0.39 is 0 Å². The Labute approximate surface area is 137 Å². The van der Waals surface area contributed by atoms with Gasteiger partial charge < -0.3 is 14.8 Å². The van der Waals surface area contributed by atoms with Gasteiger partial charge >= 0.3 is 0 Å². The quantitative estimate of drug-likeness (QED) is 0.926. The summed E-state index contributed by atoms with van der Waals surface area (Å²) < 4.78 is 11.9. The molecule has 1 spiro atoms. The van der Waals surface area contributed by atoms with E-state index in [2.05, 4.69) is 29.3 Å². The molecule has 23 heavy (non-hydrogen) atoms. The number of hydrogen-bond donors (Lipinski definition) is 1. The molecule has 2 atom stereocenters. The van der Waals surface area contributed by atoms with Gasteiger partial charge in [0, 0.05) is 45.3 Å².